The van der Waals surface area contributed by atoms with Gasteiger partial charge in [-0.2, -0.15) is 5.10 Å². The first-order valence-corrected chi connectivity index (χ1v) is 10.9. The van der Waals surface area contributed by atoms with E-state index in [-0.39, 0.29) is 23.8 Å². The van der Waals surface area contributed by atoms with Crippen LogP contribution in [0, 0.1) is 0 Å². The third-order valence-corrected chi connectivity index (χ3v) is 5.12. The Morgan fingerprint density at radius 2 is 1.87 bits per heavy atom. The molecule has 0 unspecified atom stereocenters. The van der Waals surface area contributed by atoms with Crippen LogP contribution in [0.15, 0.2) is 30.3 Å². The first-order valence-electron chi connectivity index (χ1n) is 10.9. The number of aryl methyl sites for hydroxylation is 2. The average Bonchev–Trinajstić information content (AvgIpc) is 3.10. The molecule has 0 fully saturated rings. The monoisotopic (exact) mass is 428 g/mol. The molecule has 0 saturated heterocycles. The number of rotatable bonds is 10. The number of benzene rings is 1. The molecule has 31 heavy (non-hydrogen) atoms. The molecule has 7 heteroatoms. The zero-order chi connectivity index (χ0) is 23.0. The Hall–Kier alpha value is -2.67. The van der Waals surface area contributed by atoms with E-state index in [1.165, 1.54) is 10.5 Å². The van der Waals surface area contributed by atoms with Crippen LogP contribution in [0.1, 0.15) is 62.2 Å². The number of nitrogens with one attached hydrogen (secondary N) is 1. The van der Waals surface area contributed by atoms with Gasteiger partial charge in [0.15, 0.2) is 0 Å². The van der Waals surface area contributed by atoms with Crippen LogP contribution >= 0.6 is 0 Å². The summed E-state index contributed by atoms with van der Waals surface area (Å²) in [5.74, 6) is 0.149. The smallest absolute Gasteiger partial charge is 0.254 e. The molecule has 2 rings (SSSR count). The van der Waals surface area contributed by atoms with Gasteiger partial charge in [-0.25, -0.2) is 0 Å². The molecule has 2 aromatic rings. The van der Waals surface area contributed by atoms with E-state index in [1.807, 2.05) is 30.3 Å². The number of amides is 2. The van der Waals surface area contributed by atoms with Gasteiger partial charge in [0.2, 0.25) is 5.91 Å². The van der Waals surface area contributed by atoms with Crippen molar-refractivity contribution in [2.45, 2.75) is 52.4 Å². The van der Waals surface area contributed by atoms with Crippen molar-refractivity contribution in [2.24, 2.45) is 7.05 Å². The summed E-state index contributed by atoms with van der Waals surface area (Å²) in [6.07, 6.45) is 3.26. The first-order chi connectivity index (χ1) is 14.7. The Morgan fingerprint density at radius 3 is 2.42 bits per heavy atom. The van der Waals surface area contributed by atoms with E-state index < -0.39 is 0 Å². The normalized spacial score (nSPS) is 11.4. The van der Waals surface area contributed by atoms with Crippen molar-refractivity contribution in [2.75, 3.05) is 32.1 Å². The molecule has 1 N–H and O–H groups in total. The van der Waals surface area contributed by atoms with Crippen molar-refractivity contribution in [3.05, 3.63) is 47.2 Å². The van der Waals surface area contributed by atoms with Crippen molar-refractivity contribution in [3.8, 4) is 0 Å². The van der Waals surface area contributed by atoms with E-state index in [4.69, 9.17) is 4.74 Å². The lowest BCUT2D eigenvalue weighted by Crippen LogP contribution is -2.40. The summed E-state index contributed by atoms with van der Waals surface area (Å²) in [5.41, 5.74) is 2.55. The minimum Gasteiger partial charge on any atom is -0.383 e. The van der Waals surface area contributed by atoms with Gasteiger partial charge in [0.05, 0.1) is 12.3 Å². The van der Waals surface area contributed by atoms with Crippen molar-refractivity contribution in [1.29, 1.82) is 0 Å². The number of hydrogen-bond acceptors (Lipinski definition) is 4. The molecular weight excluding hydrogens is 392 g/mol. The molecule has 1 aromatic carbocycles. The molecule has 0 spiro atoms. The maximum absolute atomic E-state index is 13.0. The Balaban J connectivity index is 2.09. The fraction of sp³-hybridized carbons (Fsp3) is 0.542. The zero-order valence-corrected chi connectivity index (χ0v) is 19.7. The lowest BCUT2D eigenvalue weighted by molar-refractivity contribution is -0.117. The van der Waals surface area contributed by atoms with Gasteiger partial charge in [0, 0.05) is 37.7 Å². The molecule has 7 nitrogen and oxygen atoms in total. The van der Waals surface area contributed by atoms with Crippen LogP contribution in [0.5, 0.6) is 0 Å². The molecule has 2 amide bonds. The van der Waals surface area contributed by atoms with Gasteiger partial charge >= 0.3 is 0 Å². The second kappa shape index (κ2) is 11.1. The van der Waals surface area contributed by atoms with Crippen LogP contribution < -0.4 is 5.32 Å². The predicted molar refractivity (Wildman–Crippen MR) is 123 cm³/mol. The van der Waals surface area contributed by atoms with Gasteiger partial charge in [0.25, 0.3) is 5.91 Å². The highest BCUT2D eigenvalue weighted by atomic mass is 16.5. The van der Waals surface area contributed by atoms with Crippen LogP contribution in [-0.4, -0.2) is 53.3 Å². The van der Waals surface area contributed by atoms with Crippen LogP contribution in [0.4, 0.5) is 5.82 Å². The van der Waals surface area contributed by atoms with E-state index in [2.05, 4.69) is 38.1 Å². The molecular formula is C24H36N4O3. The molecule has 0 aliphatic heterocycles. The predicted octanol–water partition coefficient (Wildman–Crippen LogP) is 3.79. The number of carbonyl (C=O) groups is 2. The molecule has 1 heterocycles. The zero-order valence-electron chi connectivity index (χ0n) is 19.7. The number of hydrogen-bond donors (Lipinski definition) is 1. The average molecular weight is 429 g/mol. The summed E-state index contributed by atoms with van der Waals surface area (Å²) in [4.78, 5) is 27.3. The lowest BCUT2D eigenvalue weighted by atomic mass is 9.92. The fourth-order valence-electron chi connectivity index (χ4n) is 3.14. The van der Waals surface area contributed by atoms with Crippen molar-refractivity contribution in [3.63, 3.8) is 0 Å². The Kier molecular flexibility index (Phi) is 8.80. The number of aromatic nitrogens is 2. The largest absolute Gasteiger partial charge is 0.383 e. The Morgan fingerprint density at radius 1 is 1.19 bits per heavy atom. The molecule has 0 aliphatic carbocycles. The number of carbonyl (C=O) groups excluding carboxylic acids is 2. The van der Waals surface area contributed by atoms with Gasteiger partial charge in [-0.1, -0.05) is 46.2 Å². The van der Waals surface area contributed by atoms with E-state index in [0.717, 1.165) is 25.0 Å². The second-order valence-corrected chi connectivity index (χ2v) is 8.86. The van der Waals surface area contributed by atoms with Crippen LogP contribution in [-0.2, 0) is 28.4 Å². The van der Waals surface area contributed by atoms with E-state index in [0.29, 0.717) is 24.5 Å². The minimum absolute atomic E-state index is 0.0597. The SMILES string of the molecule is CCCCc1ccc(C(=O)N(CCOC)CC(=O)Nc2cc(C(C)(C)C)nn2C)cc1. The highest BCUT2D eigenvalue weighted by molar-refractivity contribution is 5.99. The van der Waals surface area contributed by atoms with Crippen LogP contribution in [0.3, 0.4) is 0 Å². The number of nitrogens with zero attached hydrogens (tertiary/aromatic N) is 3. The van der Waals surface area contributed by atoms with Gasteiger partial charge in [-0.15, -0.1) is 0 Å². The standard InChI is InChI=1S/C24H36N4O3/c1-7-8-9-18-10-12-19(13-11-18)23(30)28(14-15-31-6)17-22(29)25-21-16-20(24(2,3)4)26-27(21)5/h10-13,16H,7-9,14-15,17H2,1-6H3,(H,25,29). The quantitative estimate of drug-likeness (QED) is 0.625. The van der Waals surface area contributed by atoms with E-state index in [1.54, 1.807) is 18.8 Å². The summed E-state index contributed by atoms with van der Waals surface area (Å²) in [6, 6.07) is 9.51. The molecule has 170 valence electrons. The lowest BCUT2D eigenvalue weighted by Gasteiger charge is -2.22. The van der Waals surface area contributed by atoms with E-state index >= 15 is 0 Å². The summed E-state index contributed by atoms with van der Waals surface area (Å²) in [7, 11) is 3.37. The first kappa shape index (κ1) is 24.6. The highest BCUT2D eigenvalue weighted by Gasteiger charge is 2.22. The summed E-state index contributed by atoms with van der Waals surface area (Å²) in [6.45, 7) is 8.99. The molecule has 0 bridgehead atoms. The number of ether oxygens (including phenoxy) is 1. The molecule has 1 aromatic heterocycles. The Bertz CT molecular complexity index is 866. The molecule has 0 radical (unpaired) electrons. The molecule has 0 aliphatic rings. The number of anilines is 1. The number of unbranched alkanes of at least 4 members (excludes halogenated alkanes) is 1. The van der Waals surface area contributed by atoms with Gasteiger partial charge in [-0.05, 0) is 30.5 Å². The van der Waals surface area contributed by atoms with Crippen LogP contribution in [0.2, 0.25) is 0 Å². The van der Waals surface area contributed by atoms with Gasteiger partial charge in [0.1, 0.15) is 12.4 Å². The van der Waals surface area contributed by atoms with Crippen LogP contribution in [0.25, 0.3) is 0 Å². The molecule has 0 atom stereocenters. The maximum atomic E-state index is 13.0. The summed E-state index contributed by atoms with van der Waals surface area (Å²) in [5, 5.41) is 7.35. The summed E-state index contributed by atoms with van der Waals surface area (Å²) >= 11 is 0. The third kappa shape index (κ3) is 7.21. The topological polar surface area (TPSA) is 76.5 Å². The molecule has 0 saturated carbocycles. The summed E-state index contributed by atoms with van der Waals surface area (Å²) < 4.78 is 6.79. The fourth-order valence-corrected chi connectivity index (χ4v) is 3.14. The van der Waals surface area contributed by atoms with Crippen molar-refractivity contribution < 1.29 is 14.3 Å². The van der Waals surface area contributed by atoms with E-state index in [9.17, 15) is 9.59 Å². The van der Waals surface area contributed by atoms with Crippen molar-refractivity contribution in [1.82, 2.24) is 14.7 Å². The van der Waals surface area contributed by atoms with Crippen molar-refractivity contribution >= 4 is 17.6 Å². The highest BCUT2D eigenvalue weighted by Crippen LogP contribution is 2.23. The minimum atomic E-state index is -0.271. The van der Waals surface area contributed by atoms with Gasteiger partial charge in [-0.3, -0.25) is 14.3 Å². The second-order valence-electron chi connectivity index (χ2n) is 8.86. The third-order valence-electron chi connectivity index (χ3n) is 5.12. The maximum Gasteiger partial charge on any atom is 0.254 e. The van der Waals surface area contributed by atoms with Gasteiger partial charge < -0.3 is 15.0 Å². The number of methoxy groups -OCH3 is 1. The Labute approximate surface area is 185 Å².